The number of hydrogen-bond acceptors (Lipinski definition) is 1. The molecule has 0 saturated carbocycles. The molecule has 0 fully saturated rings. The van der Waals surface area contributed by atoms with E-state index in [0.29, 0.717) is 10.6 Å². The second kappa shape index (κ2) is 4.62. The first-order valence-corrected chi connectivity index (χ1v) is 6.82. The third-order valence-electron chi connectivity index (χ3n) is 3.92. The molecule has 1 nitrogen and oxygen atoms in total. The minimum absolute atomic E-state index is 0.299. The van der Waals surface area contributed by atoms with Gasteiger partial charge in [-0.1, -0.05) is 35.9 Å². The van der Waals surface area contributed by atoms with E-state index in [1.165, 1.54) is 17.7 Å². The summed E-state index contributed by atoms with van der Waals surface area (Å²) in [6.45, 7) is 0. The highest BCUT2D eigenvalue weighted by atomic mass is 35.5. The lowest BCUT2D eigenvalue weighted by atomic mass is 9.73. The van der Waals surface area contributed by atoms with Crippen molar-refractivity contribution in [1.82, 2.24) is 0 Å². The number of fused-ring (bicyclic) bond motifs is 1. The lowest BCUT2D eigenvalue weighted by molar-refractivity contribution is 0.440. The van der Waals surface area contributed by atoms with Gasteiger partial charge in [0, 0.05) is 5.02 Å². The zero-order valence-electron chi connectivity index (χ0n) is 10.5. The lowest BCUT2D eigenvalue weighted by Gasteiger charge is -2.37. The number of aryl methyl sites for hydroxylation is 1. The number of halogens is 2. The Morgan fingerprint density at radius 1 is 1.11 bits per heavy atom. The van der Waals surface area contributed by atoms with Crippen LogP contribution in [0.5, 0.6) is 0 Å². The zero-order valence-corrected chi connectivity index (χ0v) is 11.3. The summed E-state index contributed by atoms with van der Waals surface area (Å²) >= 11 is 6.24. The summed E-state index contributed by atoms with van der Waals surface area (Å²) < 4.78 is 13.5. The van der Waals surface area contributed by atoms with Crippen molar-refractivity contribution in [3.8, 4) is 0 Å². The molecule has 2 aromatic rings. The molecule has 98 valence electrons. The second-order valence-corrected chi connectivity index (χ2v) is 5.51. The molecule has 1 unspecified atom stereocenters. The van der Waals surface area contributed by atoms with E-state index in [9.17, 15) is 4.39 Å². The predicted octanol–water partition coefficient (Wildman–Crippen LogP) is 4.02. The van der Waals surface area contributed by atoms with Gasteiger partial charge < -0.3 is 5.73 Å². The van der Waals surface area contributed by atoms with E-state index < -0.39 is 5.54 Å². The monoisotopic (exact) mass is 275 g/mol. The van der Waals surface area contributed by atoms with E-state index >= 15 is 0 Å². The van der Waals surface area contributed by atoms with Crippen molar-refractivity contribution in [2.45, 2.75) is 24.8 Å². The molecule has 2 aromatic carbocycles. The third kappa shape index (κ3) is 2.05. The van der Waals surface area contributed by atoms with Crippen LogP contribution in [-0.4, -0.2) is 0 Å². The molecule has 0 aliphatic heterocycles. The Bertz CT molecular complexity index is 626. The van der Waals surface area contributed by atoms with E-state index in [-0.39, 0.29) is 5.82 Å². The number of hydrogen-bond donors (Lipinski definition) is 1. The van der Waals surface area contributed by atoms with Gasteiger partial charge in [-0.3, -0.25) is 0 Å². The molecule has 0 radical (unpaired) electrons. The molecule has 2 N–H and O–H groups in total. The van der Waals surface area contributed by atoms with E-state index in [4.69, 9.17) is 17.3 Å². The summed E-state index contributed by atoms with van der Waals surface area (Å²) in [6.07, 6.45) is 2.79. The molecule has 0 heterocycles. The van der Waals surface area contributed by atoms with Crippen LogP contribution < -0.4 is 5.73 Å². The summed E-state index contributed by atoms with van der Waals surface area (Å²) in [7, 11) is 0. The molecule has 3 rings (SSSR count). The molecule has 19 heavy (non-hydrogen) atoms. The average Bonchev–Trinajstić information content (AvgIpc) is 2.42. The van der Waals surface area contributed by atoms with Gasteiger partial charge in [0.05, 0.1) is 5.54 Å². The number of rotatable bonds is 1. The molecule has 1 aliphatic rings. The van der Waals surface area contributed by atoms with Crippen LogP contribution in [0.1, 0.15) is 29.5 Å². The quantitative estimate of drug-likeness (QED) is 0.836. The molecular formula is C16H15ClFN. The Morgan fingerprint density at radius 3 is 2.74 bits per heavy atom. The fraction of sp³-hybridized carbons (Fsp3) is 0.250. The molecule has 0 amide bonds. The molecule has 3 heteroatoms. The van der Waals surface area contributed by atoms with Gasteiger partial charge in [-0.2, -0.15) is 0 Å². The minimum Gasteiger partial charge on any atom is -0.318 e. The lowest BCUT2D eigenvalue weighted by Crippen LogP contribution is -2.41. The number of nitrogens with two attached hydrogens (primary N) is 1. The summed E-state index contributed by atoms with van der Waals surface area (Å²) in [5, 5.41) is 0.528. The Hall–Kier alpha value is -1.38. The first-order valence-electron chi connectivity index (χ1n) is 6.44. The van der Waals surface area contributed by atoms with Crippen molar-refractivity contribution >= 4 is 11.6 Å². The maximum absolute atomic E-state index is 13.5. The van der Waals surface area contributed by atoms with Crippen molar-refractivity contribution in [1.29, 1.82) is 0 Å². The summed E-state index contributed by atoms with van der Waals surface area (Å²) in [6, 6.07) is 12.5. The molecule has 0 aromatic heterocycles. The standard InChI is InChI=1S/C16H15ClFN/c17-15-8-7-12(18)10-14(15)16(19)9-3-5-11-4-1-2-6-13(11)16/h1-2,4,6-8,10H,3,5,9,19H2. The van der Waals surface area contributed by atoms with Crippen molar-refractivity contribution in [2.75, 3.05) is 0 Å². The normalized spacial score (nSPS) is 22.1. The smallest absolute Gasteiger partial charge is 0.123 e. The molecular weight excluding hydrogens is 261 g/mol. The largest absolute Gasteiger partial charge is 0.318 e. The molecule has 0 bridgehead atoms. The maximum Gasteiger partial charge on any atom is 0.123 e. The van der Waals surface area contributed by atoms with Gasteiger partial charge in [0.15, 0.2) is 0 Å². The fourth-order valence-electron chi connectivity index (χ4n) is 2.98. The molecule has 0 saturated heterocycles. The molecule has 1 atom stereocenters. The van der Waals surface area contributed by atoms with Crippen molar-refractivity contribution in [3.63, 3.8) is 0 Å². The van der Waals surface area contributed by atoms with Crippen LogP contribution in [0.4, 0.5) is 4.39 Å². The van der Waals surface area contributed by atoms with E-state index in [0.717, 1.165) is 24.8 Å². The molecule has 0 spiro atoms. The van der Waals surface area contributed by atoms with Crippen LogP contribution in [0.3, 0.4) is 0 Å². The highest BCUT2D eigenvalue weighted by Crippen LogP contribution is 2.41. The zero-order chi connectivity index (χ0) is 13.5. The van der Waals surface area contributed by atoms with Crippen molar-refractivity contribution < 1.29 is 4.39 Å². The van der Waals surface area contributed by atoms with Gasteiger partial charge >= 0.3 is 0 Å². The van der Waals surface area contributed by atoms with E-state index in [1.54, 1.807) is 6.07 Å². The summed E-state index contributed by atoms with van der Waals surface area (Å²) in [5.74, 6) is -0.299. The average molecular weight is 276 g/mol. The van der Waals surface area contributed by atoms with Crippen LogP contribution in [-0.2, 0) is 12.0 Å². The van der Waals surface area contributed by atoms with Gasteiger partial charge in [-0.05, 0) is 54.2 Å². The van der Waals surface area contributed by atoms with E-state index in [2.05, 4.69) is 6.07 Å². The Kier molecular flexibility index (Phi) is 3.08. The van der Waals surface area contributed by atoms with Crippen LogP contribution in [0.2, 0.25) is 5.02 Å². The number of benzene rings is 2. The Labute approximate surface area is 117 Å². The third-order valence-corrected chi connectivity index (χ3v) is 4.25. The van der Waals surface area contributed by atoms with Gasteiger partial charge in [-0.25, -0.2) is 4.39 Å². The second-order valence-electron chi connectivity index (χ2n) is 5.11. The van der Waals surface area contributed by atoms with Crippen LogP contribution in [0, 0.1) is 5.82 Å². The summed E-state index contributed by atoms with van der Waals surface area (Å²) in [4.78, 5) is 0. The topological polar surface area (TPSA) is 26.0 Å². The van der Waals surface area contributed by atoms with Gasteiger partial charge in [0.25, 0.3) is 0 Å². The van der Waals surface area contributed by atoms with Gasteiger partial charge in [0.1, 0.15) is 5.82 Å². The maximum atomic E-state index is 13.5. The SMILES string of the molecule is NC1(c2cc(F)ccc2Cl)CCCc2ccccc21. The predicted molar refractivity (Wildman–Crippen MR) is 75.8 cm³/mol. The summed E-state index contributed by atoms with van der Waals surface area (Å²) in [5.41, 5.74) is 8.90. The van der Waals surface area contributed by atoms with Crippen molar-refractivity contribution in [2.24, 2.45) is 5.73 Å². The first kappa shape index (κ1) is 12.6. The minimum atomic E-state index is -0.686. The first-order chi connectivity index (χ1) is 9.11. The highest BCUT2D eigenvalue weighted by molar-refractivity contribution is 6.31. The van der Waals surface area contributed by atoms with Crippen molar-refractivity contribution in [3.05, 3.63) is 70.0 Å². The van der Waals surface area contributed by atoms with E-state index in [1.807, 2.05) is 18.2 Å². The van der Waals surface area contributed by atoms with Crippen LogP contribution in [0.25, 0.3) is 0 Å². The Morgan fingerprint density at radius 2 is 1.89 bits per heavy atom. The molecule has 1 aliphatic carbocycles. The fourth-order valence-corrected chi connectivity index (χ4v) is 3.27. The van der Waals surface area contributed by atoms with Gasteiger partial charge in [-0.15, -0.1) is 0 Å². The van der Waals surface area contributed by atoms with Crippen LogP contribution >= 0.6 is 11.6 Å². The highest BCUT2D eigenvalue weighted by Gasteiger charge is 2.35. The van der Waals surface area contributed by atoms with Crippen LogP contribution in [0.15, 0.2) is 42.5 Å². The Balaban J connectivity index is 2.21. The van der Waals surface area contributed by atoms with Gasteiger partial charge in [0.2, 0.25) is 0 Å².